The Labute approximate surface area is 195 Å². The SMILES string of the molecule is COc1c(C(C)(CNC(=O)c2cc(-c3ncc(F)cc3F)no2)c2nc(Cl)cs2)cnn1C. The highest BCUT2D eigenvalue weighted by atomic mass is 35.5. The van der Waals surface area contributed by atoms with Crippen LogP contribution in [0.2, 0.25) is 5.15 Å². The van der Waals surface area contributed by atoms with Crippen LogP contribution in [-0.2, 0) is 12.5 Å². The van der Waals surface area contributed by atoms with Gasteiger partial charge in [-0.05, 0) is 6.92 Å². The normalized spacial score (nSPS) is 13.0. The Morgan fingerprint density at radius 3 is 2.82 bits per heavy atom. The third kappa shape index (κ3) is 4.31. The van der Waals surface area contributed by atoms with Gasteiger partial charge in [0.05, 0.1) is 24.9 Å². The van der Waals surface area contributed by atoms with Gasteiger partial charge in [-0.25, -0.2) is 23.4 Å². The summed E-state index contributed by atoms with van der Waals surface area (Å²) in [7, 11) is 3.25. The number of halogens is 3. The Morgan fingerprint density at radius 2 is 2.15 bits per heavy atom. The highest BCUT2D eigenvalue weighted by Crippen LogP contribution is 2.39. The van der Waals surface area contributed by atoms with Crippen molar-refractivity contribution in [1.82, 2.24) is 30.2 Å². The zero-order chi connectivity index (χ0) is 23.8. The molecule has 1 atom stereocenters. The molecule has 0 aliphatic heterocycles. The van der Waals surface area contributed by atoms with E-state index < -0.39 is 23.0 Å². The van der Waals surface area contributed by atoms with Gasteiger partial charge in [0.25, 0.3) is 5.91 Å². The molecule has 1 unspecified atom stereocenters. The largest absolute Gasteiger partial charge is 0.481 e. The van der Waals surface area contributed by atoms with Gasteiger partial charge in [-0.3, -0.25) is 4.79 Å². The average molecular weight is 495 g/mol. The molecule has 4 aromatic heterocycles. The van der Waals surface area contributed by atoms with E-state index in [-0.39, 0.29) is 23.7 Å². The number of aromatic nitrogens is 5. The molecule has 1 amide bonds. The predicted octanol–water partition coefficient (Wildman–Crippen LogP) is 3.60. The van der Waals surface area contributed by atoms with E-state index in [2.05, 4.69) is 25.5 Å². The van der Waals surface area contributed by atoms with Gasteiger partial charge in [-0.2, -0.15) is 5.10 Å². The van der Waals surface area contributed by atoms with Gasteiger partial charge in [-0.15, -0.1) is 11.3 Å². The molecule has 0 bridgehead atoms. The van der Waals surface area contributed by atoms with Crippen LogP contribution in [0.15, 0.2) is 34.4 Å². The number of thiazole rings is 1. The second-order valence-electron chi connectivity index (χ2n) is 7.24. The molecule has 0 spiro atoms. The summed E-state index contributed by atoms with van der Waals surface area (Å²) in [6.45, 7) is 1.95. The molecule has 0 fully saturated rings. The number of carbonyl (C=O) groups excluding carboxylic acids is 1. The summed E-state index contributed by atoms with van der Waals surface area (Å²) < 4.78 is 39.2. The number of amides is 1. The first-order chi connectivity index (χ1) is 15.7. The number of hydrogen-bond donors (Lipinski definition) is 1. The standard InChI is InChI=1S/C20H17ClF2N6O3S/c1-20(19-27-15(21)8-33-19,11-7-26-29(2)18(11)31-3)9-25-17(30)14-5-13(28-32-14)16-12(23)4-10(22)6-24-16/h4-8H,9H2,1-3H3,(H,25,30). The van der Waals surface area contributed by atoms with Crippen LogP contribution >= 0.6 is 22.9 Å². The fourth-order valence-corrected chi connectivity index (χ4v) is 4.40. The lowest BCUT2D eigenvalue weighted by Crippen LogP contribution is -2.39. The molecule has 172 valence electrons. The molecule has 0 radical (unpaired) electrons. The molecular weight excluding hydrogens is 478 g/mol. The van der Waals surface area contributed by atoms with E-state index in [9.17, 15) is 13.6 Å². The summed E-state index contributed by atoms with van der Waals surface area (Å²) in [5.74, 6) is -2.03. The fourth-order valence-electron chi connectivity index (χ4n) is 3.28. The van der Waals surface area contributed by atoms with E-state index >= 15 is 0 Å². The van der Waals surface area contributed by atoms with Crippen molar-refractivity contribution in [2.24, 2.45) is 7.05 Å². The molecule has 4 heterocycles. The van der Waals surface area contributed by atoms with Gasteiger partial charge >= 0.3 is 0 Å². The number of pyridine rings is 1. The molecule has 0 saturated heterocycles. The molecule has 13 heteroatoms. The summed E-state index contributed by atoms with van der Waals surface area (Å²) in [5.41, 5.74) is -0.433. The number of methoxy groups -OCH3 is 1. The van der Waals surface area contributed by atoms with Gasteiger partial charge in [0.2, 0.25) is 11.6 Å². The Kier molecular flexibility index (Phi) is 6.13. The molecule has 4 rings (SSSR count). The summed E-state index contributed by atoms with van der Waals surface area (Å²) in [6.07, 6.45) is 2.48. The van der Waals surface area contributed by atoms with Crippen LogP contribution in [0, 0.1) is 11.6 Å². The minimum absolute atomic E-state index is 0.0407. The first-order valence-electron chi connectivity index (χ1n) is 9.47. The third-order valence-corrected chi connectivity index (χ3v) is 6.44. The van der Waals surface area contributed by atoms with Crippen LogP contribution in [0.5, 0.6) is 5.88 Å². The highest BCUT2D eigenvalue weighted by molar-refractivity contribution is 7.10. The van der Waals surface area contributed by atoms with Crippen molar-refractivity contribution in [3.05, 3.63) is 63.0 Å². The van der Waals surface area contributed by atoms with Gasteiger partial charge in [0.15, 0.2) is 5.82 Å². The number of aryl methyl sites for hydroxylation is 1. The second-order valence-corrected chi connectivity index (χ2v) is 8.49. The maximum atomic E-state index is 14.0. The lowest BCUT2D eigenvalue weighted by Gasteiger charge is -2.27. The minimum Gasteiger partial charge on any atom is -0.481 e. The zero-order valence-electron chi connectivity index (χ0n) is 17.6. The lowest BCUT2D eigenvalue weighted by atomic mass is 9.84. The fraction of sp³-hybridized carbons (Fsp3) is 0.250. The monoisotopic (exact) mass is 494 g/mol. The molecule has 0 saturated carbocycles. The van der Waals surface area contributed by atoms with Crippen LogP contribution in [0.25, 0.3) is 11.4 Å². The molecule has 0 aliphatic carbocycles. The van der Waals surface area contributed by atoms with Crippen molar-refractivity contribution in [3.63, 3.8) is 0 Å². The van der Waals surface area contributed by atoms with Crippen molar-refractivity contribution in [3.8, 4) is 17.3 Å². The van der Waals surface area contributed by atoms with Crippen LogP contribution in [-0.4, -0.2) is 44.5 Å². The Bertz CT molecular complexity index is 1320. The highest BCUT2D eigenvalue weighted by Gasteiger charge is 2.38. The first kappa shape index (κ1) is 22.8. The van der Waals surface area contributed by atoms with Crippen LogP contribution in [0.3, 0.4) is 0 Å². The molecule has 4 aromatic rings. The number of hydrogen-bond acceptors (Lipinski definition) is 8. The Balaban J connectivity index is 1.60. The number of nitrogens with one attached hydrogen (secondary N) is 1. The number of ether oxygens (including phenoxy) is 1. The van der Waals surface area contributed by atoms with Gasteiger partial charge in [0, 0.05) is 36.7 Å². The number of nitrogens with zero attached hydrogens (tertiary/aromatic N) is 5. The maximum Gasteiger partial charge on any atom is 0.289 e. The number of carbonyl (C=O) groups is 1. The molecule has 1 N–H and O–H groups in total. The van der Waals surface area contributed by atoms with E-state index in [1.807, 2.05) is 6.92 Å². The first-order valence-corrected chi connectivity index (χ1v) is 10.7. The minimum atomic E-state index is -0.924. The summed E-state index contributed by atoms with van der Waals surface area (Å²) in [6, 6.07) is 1.89. The van der Waals surface area contributed by atoms with E-state index in [1.54, 1.807) is 23.3 Å². The van der Waals surface area contributed by atoms with E-state index in [4.69, 9.17) is 20.9 Å². The van der Waals surface area contributed by atoms with Crippen molar-refractivity contribution in [1.29, 1.82) is 0 Å². The van der Waals surface area contributed by atoms with Gasteiger partial charge in [0.1, 0.15) is 27.4 Å². The quantitative estimate of drug-likeness (QED) is 0.418. The van der Waals surface area contributed by atoms with Crippen molar-refractivity contribution < 1.29 is 22.8 Å². The van der Waals surface area contributed by atoms with Gasteiger partial charge < -0.3 is 14.6 Å². The smallest absolute Gasteiger partial charge is 0.289 e. The second kappa shape index (κ2) is 8.87. The van der Waals surface area contributed by atoms with Crippen LogP contribution in [0.1, 0.15) is 28.0 Å². The Hall–Kier alpha value is -3.38. The Morgan fingerprint density at radius 1 is 1.36 bits per heavy atom. The lowest BCUT2D eigenvalue weighted by molar-refractivity contribution is 0.0910. The maximum absolute atomic E-state index is 14.0. The topological polar surface area (TPSA) is 108 Å². The molecule has 33 heavy (non-hydrogen) atoms. The average Bonchev–Trinajstić information content (AvgIpc) is 3.52. The third-order valence-electron chi connectivity index (χ3n) is 5.01. The van der Waals surface area contributed by atoms with E-state index in [0.29, 0.717) is 27.7 Å². The van der Waals surface area contributed by atoms with E-state index in [1.165, 1.54) is 24.5 Å². The molecule has 9 nitrogen and oxygen atoms in total. The van der Waals surface area contributed by atoms with Crippen molar-refractivity contribution in [2.45, 2.75) is 12.3 Å². The zero-order valence-corrected chi connectivity index (χ0v) is 19.2. The number of rotatable bonds is 7. The summed E-state index contributed by atoms with van der Waals surface area (Å²) in [5, 5.41) is 13.3. The van der Waals surface area contributed by atoms with Crippen LogP contribution in [0.4, 0.5) is 8.78 Å². The molecule has 0 aromatic carbocycles. The van der Waals surface area contributed by atoms with Crippen molar-refractivity contribution >= 4 is 28.8 Å². The van der Waals surface area contributed by atoms with E-state index in [0.717, 1.165) is 6.20 Å². The predicted molar refractivity (Wildman–Crippen MR) is 115 cm³/mol. The molecule has 0 aliphatic rings. The summed E-state index contributed by atoms with van der Waals surface area (Å²) in [4.78, 5) is 20.8. The van der Waals surface area contributed by atoms with Gasteiger partial charge in [-0.1, -0.05) is 16.8 Å². The summed E-state index contributed by atoms with van der Waals surface area (Å²) >= 11 is 7.38. The van der Waals surface area contributed by atoms with Crippen LogP contribution < -0.4 is 10.1 Å². The van der Waals surface area contributed by atoms with Crippen molar-refractivity contribution in [2.75, 3.05) is 13.7 Å². The molecular formula is C20H17ClF2N6O3S.